The summed E-state index contributed by atoms with van der Waals surface area (Å²) >= 11 is 5.89. The third kappa shape index (κ3) is 3.87. The fourth-order valence-electron chi connectivity index (χ4n) is 2.51. The molecule has 8 heteroatoms. The summed E-state index contributed by atoms with van der Waals surface area (Å²) in [7, 11) is 0. The van der Waals surface area contributed by atoms with E-state index in [1.54, 1.807) is 13.0 Å². The number of carboxylic acids is 1. The zero-order valence-corrected chi connectivity index (χ0v) is 13.0. The molecule has 0 radical (unpaired) electrons. The summed E-state index contributed by atoms with van der Waals surface area (Å²) in [6, 6.07) is 4.27. The van der Waals surface area contributed by atoms with Crippen molar-refractivity contribution in [3.63, 3.8) is 0 Å². The number of aryl methyl sites for hydroxylation is 1. The van der Waals surface area contributed by atoms with Gasteiger partial charge < -0.3 is 15.2 Å². The van der Waals surface area contributed by atoms with Gasteiger partial charge in [-0.2, -0.15) is 0 Å². The predicted molar refractivity (Wildman–Crippen MR) is 81.6 cm³/mol. The SMILES string of the molecule is Cc1ccc(NC(=O)[C@@H]2CC(Cl)=CC[C@@H]2C(=O)[O-])cc1[N+](=O)[O-]. The number of anilines is 1. The standard InChI is InChI=1S/C15H15ClN2O5/c1-8-2-4-10(7-13(8)18(22)23)17-14(19)12-6-9(16)3-5-11(12)15(20)21/h2-4,7,11-12H,5-6H2,1H3,(H,17,19)(H,20,21)/p-1/t11-,12+/m0/s1. The lowest BCUT2D eigenvalue weighted by molar-refractivity contribution is -0.385. The number of hydrogen-bond donors (Lipinski definition) is 1. The highest BCUT2D eigenvalue weighted by molar-refractivity contribution is 6.29. The first-order valence-corrected chi connectivity index (χ1v) is 7.28. The van der Waals surface area contributed by atoms with E-state index in [9.17, 15) is 24.8 Å². The molecule has 0 heterocycles. The molecule has 0 bridgehead atoms. The number of nitro benzene ring substituents is 1. The molecule has 23 heavy (non-hydrogen) atoms. The summed E-state index contributed by atoms with van der Waals surface area (Å²) in [6.45, 7) is 1.58. The summed E-state index contributed by atoms with van der Waals surface area (Å²) in [5, 5.41) is 25.0. The van der Waals surface area contributed by atoms with Crippen LogP contribution in [-0.2, 0) is 9.59 Å². The Balaban J connectivity index is 2.21. The summed E-state index contributed by atoms with van der Waals surface area (Å²) in [5.41, 5.74) is 0.570. The molecule has 1 aromatic rings. The van der Waals surface area contributed by atoms with Gasteiger partial charge in [0.2, 0.25) is 5.91 Å². The van der Waals surface area contributed by atoms with Crippen molar-refractivity contribution in [3.05, 3.63) is 45.0 Å². The molecule has 0 aromatic heterocycles. The topological polar surface area (TPSA) is 112 Å². The Labute approximate surface area is 137 Å². The Kier molecular flexibility index (Phi) is 5.00. The van der Waals surface area contributed by atoms with E-state index in [4.69, 9.17) is 11.6 Å². The monoisotopic (exact) mass is 337 g/mol. The van der Waals surface area contributed by atoms with Crippen LogP contribution < -0.4 is 10.4 Å². The van der Waals surface area contributed by atoms with Crippen LogP contribution in [0.4, 0.5) is 11.4 Å². The minimum atomic E-state index is -1.32. The van der Waals surface area contributed by atoms with E-state index in [-0.39, 0.29) is 24.2 Å². The van der Waals surface area contributed by atoms with Crippen molar-refractivity contribution < 1.29 is 19.6 Å². The van der Waals surface area contributed by atoms with Gasteiger partial charge in [-0.3, -0.25) is 14.9 Å². The number of benzene rings is 1. The highest BCUT2D eigenvalue weighted by Crippen LogP contribution is 2.32. The van der Waals surface area contributed by atoms with Crippen LogP contribution in [0.1, 0.15) is 18.4 Å². The van der Waals surface area contributed by atoms with E-state index in [2.05, 4.69) is 5.32 Å². The lowest BCUT2D eigenvalue weighted by Crippen LogP contribution is -2.42. The number of nitrogens with one attached hydrogen (secondary N) is 1. The number of allylic oxidation sites excluding steroid dienone is 2. The number of hydrogen-bond acceptors (Lipinski definition) is 5. The number of rotatable bonds is 4. The first-order valence-electron chi connectivity index (χ1n) is 6.91. The van der Waals surface area contributed by atoms with Crippen LogP contribution in [0, 0.1) is 28.9 Å². The molecule has 1 aliphatic rings. The van der Waals surface area contributed by atoms with E-state index in [0.29, 0.717) is 10.6 Å². The molecule has 122 valence electrons. The molecule has 0 spiro atoms. The predicted octanol–water partition coefficient (Wildman–Crippen LogP) is 1.74. The van der Waals surface area contributed by atoms with Crippen LogP contribution in [0.25, 0.3) is 0 Å². The molecule has 0 saturated heterocycles. The summed E-state index contributed by atoms with van der Waals surface area (Å²) in [4.78, 5) is 33.9. The zero-order valence-electron chi connectivity index (χ0n) is 12.2. The quantitative estimate of drug-likeness (QED) is 0.664. The number of carboxylic acid groups (broad SMARTS) is 1. The third-order valence-corrected chi connectivity index (χ3v) is 4.12. The van der Waals surface area contributed by atoms with Crippen molar-refractivity contribution in [2.75, 3.05) is 5.32 Å². The maximum Gasteiger partial charge on any atom is 0.274 e. The molecule has 1 aromatic carbocycles. The number of nitro groups is 1. The highest BCUT2D eigenvalue weighted by Gasteiger charge is 2.32. The largest absolute Gasteiger partial charge is 0.550 e. The van der Waals surface area contributed by atoms with E-state index in [1.807, 2.05) is 0 Å². The van der Waals surface area contributed by atoms with Gasteiger partial charge in [-0.05, 0) is 25.8 Å². The number of carbonyl (C=O) groups excluding carboxylic acids is 2. The fourth-order valence-corrected chi connectivity index (χ4v) is 2.76. The molecule has 0 unspecified atom stereocenters. The molecule has 0 fully saturated rings. The van der Waals surface area contributed by atoms with E-state index < -0.39 is 28.6 Å². The zero-order chi connectivity index (χ0) is 17.1. The van der Waals surface area contributed by atoms with Crippen molar-refractivity contribution >= 4 is 34.9 Å². The summed E-state index contributed by atoms with van der Waals surface area (Å²) in [6.07, 6.45) is 1.77. The number of aliphatic carboxylic acids is 1. The highest BCUT2D eigenvalue weighted by atomic mass is 35.5. The lowest BCUT2D eigenvalue weighted by atomic mass is 9.82. The second kappa shape index (κ2) is 6.78. The van der Waals surface area contributed by atoms with E-state index in [1.165, 1.54) is 18.2 Å². The van der Waals surface area contributed by atoms with Crippen molar-refractivity contribution in [1.29, 1.82) is 0 Å². The molecule has 0 aliphatic heterocycles. The Morgan fingerprint density at radius 2 is 2.04 bits per heavy atom. The molecule has 0 saturated carbocycles. The number of carbonyl (C=O) groups is 2. The smallest absolute Gasteiger partial charge is 0.274 e. The van der Waals surface area contributed by atoms with Gasteiger partial charge in [0.25, 0.3) is 5.69 Å². The van der Waals surface area contributed by atoms with Gasteiger partial charge in [0.15, 0.2) is 0 Å². The molecule has 7 nitrogen and oxygen atoms in total. The van der Waals surface area contributed by atoms with Crippen LogP contribution in [0.5, 0.6) is 0 Å². The molecule has 1 aliphatic carbocycles. The van der Waals surface area contributed by atoms with E-state index >= 15 is 0 Å². The molecule has 2 rings (SSSR count). The van der Waals surface area contributed by atoms with Gasteiger partial charge >= 0.3 is 0 Å². The van der Waals surface area contributed by atoms with Crippen LogP contribution in [-0.4, -0.2) is 16.8 Å². The van der Waals surface area contributed by atoms with Crippen LogP contribution in [0.3, 0.4) is 0 Å². The average Bonchev–Trinajstić information content (AvgIpc) is 2.48. The molecular weight excluding hydrogens is 324 g/mol. The first kappa shape index (κ1) is 17.0. The lowest BCUT2D eigenvalue weighted by Gasteiger charge is -2.29. The van der Waals surface area contributed by atoms with Crippen molar-refractivity contribution in [2.45, 2.75) is 19.8 Å². The first-order chi connectivity index (χ1) is 10.8. The van der Waals surface area contributed by atoms with Crippen LogP contribution in [0.2, 0.25) is 0 Å². The van der Waals surface area contributed by atoms with Crippen molar-refractivity contribution in [2.24, 2.45) is 11.8 Å². The van der Waals surface area contributed by atoms with Gasteiger partial charge in [-0.25, -0.2) is 0 Å². The maximum absolute atomic E-state index is 12.3. The van der Waals surface area contributed by atoms with Crippen molar-refractivity contribution in [3.8, 4) is 0 Å². The average molecular weight is 338 g/mol. The minimum Gasteiger partial charge on any atom is -0.550 e. The molecule has 1 amide bonds. The number of nitrogens with zero attached hydrogens (tertiary/aromatic N) is 1. The normalized spacial score (nSPS) is 20.5. The van der Waals surface area contributed by atoms with Gasteiger partial charge in [-0.1, -0.05) is 23.7 Å². The van der Waals surface area contributed by atoms with Gasteiger partial charge in [0.05, 0.1) is 10.8 Å². The Bertz CT molecular complexity index is 701. The summed E-state index contributed by atoms with van der Waals surface area (Å²) in [5.74, 6) is -3.72. The Morgan fingerprint density at radius 3 is 2.65 bits per heavy atom. The molecule has 1 N–H and O–H groups in total. The Morgan fingerprint density at radius 1 is 1.35 bits per heavy atom. The Hall–Kier alpha value is -2.41. The van der Waals surface area contributed by atoms with Crippen LogP contribution >= 0.6 is 11.6 Å². The second-order valence-corrected chi connectivity index (χ2v) is 5.86. The number of halogens is 1. The molecule has 2 atom stereocenters. The minimum absolute atomic E-state index is 0.0972. The maximum atomic E-state index is 12.3. The van der Waals surface area contributed by atoms with E-state index in [0.717, 1.165) is 0 Å². The van der Waals surface area contributed by atoms with Gasteiger partial charge in [0, 0.05) is 34.2 Å². The fraction of sp³-hybridized carbons (Fsp3) is 0.333. The molecular formula is C15H14ClN2O5-. The van der Waals surface area contributed by atoms with Crippen LogP contribution in [0.15, 0.2) is 29.3 Å². The third-order valence-electron chi connectivity index (χ3n) is 3.81. The van der Waals surface area contributed by atoms with Gasteiger partial charge in [0.1, 0.15) is 0 Å². The number of amides is 1. The van der Waals surface area contributed by atoms with Gasteiger partial charge in [-0.15, -0.1) is 0 Å². The summed E-state index contributed by atoms with van der Waals surface area (Å²) < 4.78 is 0. The second-order valence-electron chi connectivity index (χ2n) is 5.37. The van der Waals surface area contributed by atoms with Crippen molar-refractivity contribution in [1.82, 2.24) is 0 Å².